The van der Waals surface area contributed by atoms with Crippen LogP contribution in [-0.2, 0) is 6.42 Å². The molecule has 0 aromatic heterocycles. The molecule has 18 heavy (non-hydrogen) atoms. The predicted octanol–water partition coefficient (Wildman–Crippen LogP) is 2.42. The summed E-state index contributed by atoms with van der Waals surface area (Å²) in [6.45, 7) is 4.19. The summed E-state index contributed by atoms with van der Waals surface area (Å²) in [5, 5.41) is 6.88. The van der Waals surface area contributed by atoms with Crippen molar-refractivity contribution in [2.45, 2.75) is 25.7 Å². The van der Waals surface area contributed by atoms with Gasteiger partial charge in [-0.05, 0) is 43.9 Å². The molecule has 3 nitrogen and oxygen atoms in total. The van der Waals surface area contributed by atoms with E-state index in [2.05, 4.69) is 28.8 Å². The van der Waals surface area contributed by atoms with Crippen molar-refractivity contribution in [3.63, 3.8) is 0 Å². The van der Waals surface area contributed by atoms with Crippen molar-refractivity contribution in [2.75, 3.05) is 31.6 Å². The lowest BCUT2D eigenvalue weighted by Crippen LogP contribution is -2.33. The van der Waals surface area contributed by atoms with E-state index in [0.717, 1.165) is 25.4 Å². The van der Waals surface area contributed by atoms with Gasteiger partial charge in [0, 0.05) is 30.8 Å². The van der Waals surface area contributed by atoms with E-state index >= 15 is 0 Å². The fourth-order valence-corrected chi connectivity index (χ4v) is 2.81. The van der Waals surface area contributed by atoms with Crippen LogP contribution in [0.3, 0.4) is 0 Å². The summed E-state index contributed by atoms with van der Waals surface area (Å²) < 4.78 is 5.93. The van der Waals surface area contributed by atoms with Crippen molar-refractivity contribution in [3.05, 3.63) is 23.8 Å². The molecule has 1 aromatic carbocycles. The van der Waals surface area contributed by atoms with Gasteiger partial charge in [-0.1, -0.05) is 6.07 Å². The van der Waals surface area contributed by atoms with Crippen molar-refractivity contribution < 1.29 is 4.74 Å². The highest BCUT2D eigenvalue weighted by molar-refractivity contribution is 5.56. The average molecular weight is 246 g/mol. The summed E-state index contributed by atoms with van der Waals surface area (Å²) in [6, 6.07) is 6.47. The van der Waals surface area contributed by atoms with E-state index in [1.807, 2.05) is 0 Å². The zero-order chi connectivity index (χ0) is 12.2. The maximum absolute atomic E-state index is 5.93. The molecule has 0 aliphatic carbocycles. The van der Waals surface area contributed by atoms with Gasteiger partial charge in [0.2, 0.25) is 0 Å². The summed E-state index contributed by atoms with van der Waals surface area (Å²) >= 11 is 0. The molecule has 1 saturated heterocycles. The Morgan fingerprint density at radius 3 is 3.11 bits per heavy atom. The summed E-state index contributed by atoms with van der Waals surface area (Å²) in [5.41, 5.74) is 2.69. The first-order chi connectivity index (χ1) is 8.92. The third kappa shape index (κ3) is 2.78. The molecule has 1 unspecified atom stereocenters. The molecular formula is C15H22N2O. The molecule has 1 aromatic rings. The number of benzene rings is 1. The average Bonchev–Trinajstić information content (AvgIpc) is 2.46. The minimum atomic E-state index is 0.669. The van der Waals surface area contributed by atoms with Crippen LogP contribution in [0.2, 0.25) is 0 Å². The second-order valence-corrected chi connectivity index (χ2v) is 5.37. The van der Waals surface area contributed by atoms with Gasteiger partial charge in [-0.3, -0.25) is 0 Å². The number of aryl methyl sites for hydroxylation is 1. The molecule has 0 amide bonds. The van der Waals surface area contributed by atoms with Crippen LogP contribution in [0.25, 0.3) is 0 Å². The van der Waals surface area contributed by atoms with Crippen LogP contribution < -0.4 is 15.4 Å². The number of anilines is 1. The quantitative estimate of drug-likeness (QED) is 0.859. The number of hydrogen-bond acceptors (Lipinski definition) is 3. The van der Waals surface area contributed by atoms with Crippen LogP contribution in [0.4, 0.5) is 5.69 Å². The Morgan fingerprint density at radius 2 is 2.22 bits per heavy atom. The number of piperidine rings is 1. The zero-order valence-electron chi connectivity index (χ0n) is 10.9. The third-order valence-corrected chi connectivity index (χ3v) is 3.90. The van der Waals surface area contributed by atoms with Crippen LogP contribution in [0.1, 0.15) is 24.8 Å². The van der Waals surface area contributed by atoms with Gasteiger partial charge in [0.25, 0.3) is 0 Å². The second kappa shape index (κ2) is 5.61. The van der Waals surface area contributed by atoms with Gasteiger partial charge in [-0.25, -0.2) is 0 Å². The molecule has 3 heteroatoms. The van der Waals surface area contributed by atoms with Crippen molar-refractivity contribution in [3.8, 4) is 5.75 Å². The van der Waals surface area contributed by atoms with E-state index in [4.69, 9.17) is 4.74 Å². The molecule has 0 bridgehead atoms. The molecule has 0 spiro atoms. The van der Waals surface area contributed by atoms with E-state index in [1.165, 1.54) is 43.5 Å². The minimum absolute atomic E-state index is 0.669. The number of hydrogen-bond donors (Lipinski definition) is 2. The molecule has 2 N–H and O–H groups in total. The summed E-state index contributed by atoms with van der Waals surface area (Å²) in [5.74, 6) is 1.68. The standard InChI is InChI=1S/C15H22N2O/c1-3-12(10-16-7-1)11-18-14-6-5-13-4-2-8-17-15(13)9-14/h5-6,9,12,16-17H,1-4,7-8,10-11H2. The van der Waals surface area contributed by atoms with Crippen LogP contribution in [-0.4, -0.2) is 26.2 Å². The van der Waals surface area contributed by atoms with Crippen LogP contribution >= 0.6 is 0 Å². The molecular weight excluding hydrogens is 224 g/mol. The molecule has 3 rings (SSSR count). The Balaban J connectivity index is 1.58. The second-order valence-electron chi connectivity index (χ2n) is 5.37. The molecule has 2 heterocycles. The third-order valence-electron chi connectivity index (χ3n) is 3.90. The monoisotopic (exact) mass is 246 g/mol. The smallest absolute Gasteiger partial charge is 0.121 e. The SMILES string of the molecule is c1cc2c(cc1OCC1CCCNC1)NCCC2. The van der Waals surface area contributed by atoms with Crippen LogP contribution in [0, 0.1) is 5.92 Å². The lowest BCUT2D eigenvalue weighted by molar-refractivity contribution is 0.218. The Bertz CT molecular complexity index is 399. The molecule has 2 aliphatic heterocycles. The highest BCUT2D eigenvalue weighted by Crippen LogP contribution is 2.27. The van der Waals surface area contributed by atoms with E-state index < -0.39 is 0 Å². The largest absolute Gasteiger partial charge is 0.493 e. The maximum atomic E-state index is 5.93. The van der Waals surface area contributed by atoms with Gasteiger partial charge in [0.1, 0.15) is 5.75 Å². The van der Waals surface area contributed by atoms with Crippen molar-refractivity contribution in [1.82, 2.24) is 5.32 Å². The lowest BCUT2D eigenvalue weighted by atomic mass is 10.0. The fourth-order valence-electron chi connectivity index (χ4n) is 2.81. The van der Waals surface area contributed by atoms with Gasteiger partial charge in [-0.15, -0.1) is 0 Å². The number of rotatable bonds is 3. The number of nitrogens with one attached hydrogen (secondary N) is 2. The Morgan fingerprint density at radius 1 is 1.22 bits per heavy atom. The Labute approximate surface area is 109 Å². The van der Waals surface area contributed by atoms with Crippen molar-refractivity contribution in [2.24, 2.45) is 5.92 Å². The lowest BCUT2D eigenvalue weighted by Gasteiger charge is -2.23. The van der Waals surface area contributed by atoms with Gasteiger partial charge in [-0.2, -0.15) is 0 Å². The predicted molar refractivity (Wildman–Crippen MR) is 74.3 cm³/mol. The molecule has 98 valence electrons. The van der Waals surface area contributed by atoms with E-state index in [-0.39, 0.29) is 0 Å². The Hall–Kier alpha value is -1.22. The summed E-state index contributed by atoms with van der Waals surface area (Å²) in [6.07, 6.45) is 4.99. The van der Waals surface area contributed by atoms with Crippen molar-refractivity contribution >= 4 is 5.69 Å². The normalized spacial score (nSPS) is 23.0. The van der Waals surface area contributed by atoms with Crippen LogP contribution in [0.15, 0.2) is 18.2 Å². The molecule has 0 saturated carbocycles. The first kappa shape index (κ1) is 11.8. The first-order valence-corrected chi connectivity index (χ1v) is 7.12. The summed E-state index contributed by atoms with van der Waals surface area (Å²) in [4.78, 5) is 0. The highest BCUT2D eigenvalue weighted by Gasteiger charge is 2.14. The highest BCUT2D eigenvalue weighted by atomic mass is 16.5. The van der Waals surface area contributed by atoms with E-state index in [9.17, 15) is 0 Å². The van der Waals surface area contributed by atoms with Crippen LogP contribution in [0.5, 0.6) is 5.75 Å². The summed E-state index contributed by atoms with van der Waals surface area (Å²) in [7, 11) is 0. The molecule has 2 aliphatic rings. The maximum Gasteiger partial charge on any atom is 0.121 e. The molecule has 1 atom stereocenters. The minimum Gasteiger partial charge on any atom is -0.493 e. The van der Waals surface area contributed by atoms with E-state index in [1.54, 1.807) is 0 Å². The number of fused-ring (bicyclic) bond motifs is 1. The first-order valence-electron chi connectivity index (χ1n) is 7.12. The zero-order valence-corrected chi connectivity index (χ0v) is 10.9. The number of ether oxygens (including phenoxy) is 1. The topological polar surface area (TPSA) is 33.3 Å². The Kier molecular flexibility index (Phi) is 3.69. The van der Waals surface area contributed by atoms with Crippen molar-refractivity contribution in [1.29, 1.82) is 0 Å². The van der Waals surface area contributed by atoms with Gasteiger partial charge in [0.05, 0.1) is 6.61 Å². The molecule has 1 fully saturated rings. The van der Waals surface area contributed by atoms with Gasteiger partial charge >= 0.3 is 0 Å². The molecule has 0 radical (unpaired) electrons. The van der Waals surface area contributed by atoms with E-state index in [0.29, 0.717) is 5.92 Å². The van der Waals surface area contributed by atoms with Gasteiger partial charge in [0.15, 0.2) is 0 Å². The fraction of sp³-hybridized carbons (Fsp3) is 0.600. The van der Waals surface area contributed by atoms with Gasteiger partial charge < -0.3 is 15.4 Å².